The van der Waals surface area contributed by atoms with E-state index >= 15 is 0 Å². The highest BCUT2D eigenvalue weighted by Crippen LogP contribution is 2.51. The SMILES string of the molecule is COC(=O)CC1(CSCc2occc2C(=O)OC)CC1. The summed E-state index contributed by atoms with van der Waals surface area (Å²) in [5, 5.41) is 0. The Balaban J connectivity index is 1.83. The van der Waals surface area contributed by atoms with Crippen molar-refractivity contribution in [2.24, 2.45) is 5.41 Å². The molecule has 5 nitrogen and oxygen atoms in total. The minimum absolute atomic E-state index is 0.0791. The number of furan rings is 1. The molecule has 20 heavy (non-hydrogen) atoms. The third kappa shape index (κ3) is 3.56. The van der Waals surface area contributed by atoms with Gasteiger partial charge in [0.15, 0.2) is 0 Å². The molecule has 1 aromatic rings. The monoisotopic (exact) mass is 298 g/mol. The Morgan fingerprint density at radius 3 is 2.70 bits per heavy atom. The zero-order valence-corrected chi connectivity index (χ0v) is 12.5. The molecule has 0 aromatic carbocycles. The molecule has 1 heterocycles. The Kier molecular flexibility index (Phi) is 4.75. The second-order valence-electron chi connectivity index (χ2n) is 4.99. The molecular weight excluding hydrogens is 280 g/mol. The normalized spacial score (nSPS) is 15.7. The van der Waals surface area contributed by atoms with Crippen molar-refractivity contribution >= 4 is 23.7 Å². The lowest BCUT2D eigenvalue weighted by atomic mass is 10.1. The van der Waals surface area contributed by atoms with Crippen molar-refractivity contribution in [3.63, 3.8) is 0 Å². The van der Waals surface area contributed by atoms with Crippen molar-refractivity contribution in [2.75, 3.05) is 20.0 Å². The molecule has 6 heteroatoms. The molecule has 1 fully saturated rings. The van der Waals surface area contributed by atoms with E-state index in [1.165, 1.54) is 20.5 Å². The van der Waals surface area contributed by atoms with Crippen LogP contribution < -0.4 is 0 Å². The number of esters is 2. The van der Waals surface area contributed by atoms with Crippen LogP contribution in [0.5, 0.6) is 0 Å². The van der Waals surface area contributed by atoms with E-state index in [9.17, 15) is 9.59 Å². The molecule has 0 aliphatic heterocycles. The van der Waals surface area contributed by atoms with Gasteiger partial charge in [0.25, 0.3) is 0 Å². The van der Waals surface area contributed by atoms with Crippen LogP contribution in [-0.2, 0) is 20.0 Å². The van der Waals surface area contributed by atoms with Crippen molar-refractivity contribution in [2.45, 2.75) is 25.0 Å². The van der Waals surface area contributed by atoms with Gasteiger partial charge in [-0.25, -0.2) is 4.79 Å². The number of carbonyl (C=O) groups excluding carboxylic acids is 2. The molecule has 0 spiro atoms. The fourth-order valence-electron chi connectivity index (χ4n) is 2.03. The second kappa shape index (κ2) is 6.35. The third-order valence-electron chi connectivity index (χ3n) is 3.50. The summed E-state index contributed by atoms with van der Waals surface area (Å²) >= 11 is 1.67. The molecule has 1 saturated carbocycles. The fourth-order valence-corrected chi connectivity index (χ4v) is 3.37. The Hall–Kier alpha value is -1.43. The van der Waals surface area contributed by atoms with Gasteiger partial charge in [0.1, 0.15) is 11.3 Å². The van der Waals surface area contributed by atoms with E-state index in [1.807, 2.05) is 0 Å². The zero-order chi connectivity index (χ0) is 14.6. The van der Waals surface area contributed by atoms with Crippen LogP contribution in [0.25, 0.3) is 0 Å². The van der Waals surface area contributed by atoms with Crippen molar-refractivity contribution in [1.29, 1.82) is 0 Å². The first-order chi connectivity index (χ1) is 9.60. The largest absolute Gasteiger partial charge is 0.469 e. The van der Waals surface area contributed by atoms with Gasteiger partial charge in [-0.2, -0.15) is 11.8 Å². The van der Waals surface area contributed by atoms with Gasteiger partial charge in [0.2, 0.25) is 0 Å². The summed E-state index contributed by atoms with van der Waals surface area (Å²) in [5.41, 5.74) is 0.549. The second-order valence-corrected chi connectivity index (χ2v) is 5.98. The first-order valence-corrected chi connectivity index (χ1v) is 7.55. The molecule has 0 saturated heterocycles. The average molecular weight is 298 g/mol. The van der Waals surface area contributed by atoms with Crippen LogP contribution in [0.2, 0.25) is 0 Å². The summed E-state index contributed by atoms with van der Waals surface area (Å²) in [4.78, 5) is 22.8. The molecule has 0 atom stereocenters. The van der Waals surface area contributed by atoms with Gasteiger partial charge in [-0.15, -0.1) is 0 Å². The number of methoxy groups -OCH3 is 2. The maximum atomic E-state index is 11.5. The maximum absolute atomic E-state index is 11.5. The molecule has 0 unspecified atom stereocenters. The quantitative estimate of drug-likeness (QED) is 0.721. The topological polar surface area (TPSA) is 65.7 Å². The van der Waals surface area contributed by atoms with Gasteiger partial charge in [0, 0.05) is 0 Å². The lowest BCUT2D eigenvalue weighted by Gasteiger charge is -2.12. The number of carbonyl (C=O) groups is 2. The van der Waals surface area contributed by atoms with Gasteiger partial charge in [-0.1, -0.05) is 0 Å². The first kappa shape index (κ1) is 15.0. The van der Waals surface area contributed by atoms with Crippen molar-refractivity contribution < 1.29 is 23.5 Å². The van der Waals surface area contributed by atoms with Gasteiger partial charge < -0.3 is 13.9 Å². The van der Waals surface area contributed by atoms with Crippen LogP contribution >= 0.6 is 11.8 Å². The van der Waals surface area contributed by atoms with E-state index in [0.29, 0.717) is 23.5 Å². The van der Waals surface area contributed by atoms with Crippen molar-refractivity contribution in [3.05, 3.63) is 23.7 Å². The minimum Gasteiger partial charge on any atom is -0.469 e. The average Bonchev–Trinajstić information content (AvgIpc) is 3.04. The Bertz CT molecular complexity index is 490. The van der Waals surface area contributed by atoms with E-state index in [1.54, 1.807) is 17.8 Å². The van der Waals surface area contributed by atoms with E-state index in [4.69, 9.17) is 13.9 Å². The molecule has 0 N–H and O–H groups in total. The van der Waals surface area contributed by atoms with Crippen LogP contribution in [0, 0.1) is 5.41 Å². The summed E-state index contributed by atoms with van der Waals surface area (Å²) in [5.74, 6) is 1.54. The summed E-state index contributed by atoms with van der Waals surface area (Å²) in [7, 11) is 2.76. The third-order valence-corrected chi connectivity index (χ3v) is 4.78. The summed E-state index contributed by atoms with van der Waals surface area (Å²) in [6, 6.07) is 1.61. The number of hydrogen-bond acceptors (Lipinski definition) is 6. The number of rotatable bonds is 7. The molecule has 2 rings (SSSR count). The van der Waals surface area contributed by atoms with Gasteiger partial charge >= 0.3 is 11.9 Å². The van der Waals surface area contributed by atoms with Crippen LogP contribution in [-0.4, -0.2) is 31.9 Å². The number of thioether (sulfide) groups is 1. The highest BCUT2D eigenvalue weighted by atomic mass is 32.2. The lowest BCUT2D eigenvalue weighted by molar-refractivity contribution is -0.141. The van der Waals surface area contributed by atoms with Crippen LogP contribution in [0.3, 0.4) is 0 Å². The van der Waals surface area contributed by atoms with Crippen LogP contribution in [0.15, 0.2) is 16.7 Å². The summed E-state index contributed by atoms with van der Waals surface area (Å²) in [6.45, 7) is 0. The fraction of sp³-hybridized carbons (Fsp3) is 0.571. The van der Waals surface area contributed by atoms with E-state index in [2.05, 4.69) is 0 Å². The minimum atomic E-state index is -0.384. The van der Waals surface area contributed by atoms with E-state index in [0.717, 1.165) is 18.6 Å². The highest BCUT2D eigenvalue weighted by molar-refractivity contribution is 7.98. The van der Waals surface area contributed by atoms with Gasteiger partial charge in [-0.3, -0.25) is 4.79 Å². The predicted molar refractivity (Wildman–Crippen MR) is 74.5 cm³/mol. The molecule has 0 amide bonds. The zero-order valence-electron chi connectivity index (χ0n) is 11.6. The molecule has 0 radical (unpaired) electrons. The molecule has 1 aromatic heterocycles. The maximum Gasteiger partial charge on any atom is 0.341 e. The number of hydrogen-bond donors (Lipinski definition) is 0. The molecule has 110 valence electrons. The highest BCUT2D eigenvalue weighted by Gasteiger charge is 2.44. The number of ether oxygens (including phenoxy) is 2. The first-order valence-electron chi connectivity index (χ1n) is 6.39. The lowest BCUT2D eigenvalue weighted by Crippen LogP contribution is -2.13. The van der Waals surface area contributed by atoms with Gasteiger partial charge in [-0.05, 0) is 30.1 Å². The van der Waals surface area contributed by atoms with E-state index in [-0.39, 0.29) is 17.4 Å². The van der Waals surface area contributed by atoms with Crippen LogP contribution in [0.1, 0.15) is 35.4 Å². The smallest absolute Gasteiger partial charge is 0.341 e. The van der Waals surface area contributed by atoms with Crippen LogP contribution in [0.4, 0.5) is 0 Å². The predicted octanol–water partition coefficient (Wildman–Crippen LogP) is 2.64. The summed E-state index contributed by atoms with van der Waals surface area (Å²) < 4.78 is 14.7. The van der Waals surface area contributed by atoms with Gasteiger partial charge in [0.05, 0.1) is 32.7 Å². The summed E-state index contributed by atoms with van der Waals surface area (Å²) in [6.07, 6.45) is 4.07. The Labute approximate surface area is 122 Å². The molecule has 1 aliphatic rings. The van der Waals surface area contributed by atoms with Crippen molar-refractivity contribution in [1.82, 2.24) is 0 Å². The standard InChI is InChI=1S/C14H18O5S/c1-17-12(15)7-14(4-5-14)9-20-8-11-10(3-6-19-11)13(16)18-2/h3,6H,4-5,7-9H2,1-2H3. The molecule has 1 aliphatic carbocycles. The Morgan fingerprint density at radius 1 is 1.35 bits per heavy atom. The van der Waals surface area contributed by atoms with Crippen molar-refractivity contribution in [3.8, 4) is 0 Å². The molecular formula is C14H18O5S. The molecule has 0 bridgehead atoms. The Morgan fingerprint density at radius 2 is 2.10 bits per heavy atom. The van der Waals surface area contributed by atoms with E-state index < -0.39 is 0 Å².